The molecule has 5 heteroatoms. The molecule has 1 rings (SSSR count). The van der Waals surface area contributed by atoms with Crippen molar-refractivity contribution >= 4 is 11.8 Å². The average Bonchev–Trinajstić information content (AvgIpc) is 2.36. The summed E-state index contributed by atoms with van der Waals surface area (Å²) in [6.07, 6.45) is 0.825. The zero-order valence-corrected chi connectivity index (χ0v) is 10.3. The minimum absolute atomic E-state index is 0.117. The van der Waals surface area contributed by atoms with E-state index < -0.39 is 0 Å². The van der Waals surface area contributed by atoms with Gasteiger partial charge >= 0.3 is 0 Å². The summed E-state index contributed by atoms with van der Waals surface area (Å²) in [7, 11) is 0. The number of carbonyl (C=O) groups excluding carboxylic acids is 2. The van der Waals surface area contributed by atoms with Crippen LogP contribution in [0.5, 0.6) is 0 Å². The van der Waals surface area contributed by atoms with Gasteiger partial charge in [-0.3, -0.25) is 9.59 Å². The van der Waals surface area contributed by atoms with Crippen LogP contribution in [0.25, 0.3) is 0 Å². The quantitative estimate of drug-likeness (QED) is 0.598. The van der Waals surface area contributed by atoms with E-state index in [4.69, 9.17) is 11.5 Å². The molecule has 0 bridgehead atoms. The van der Waals surface area contributed by atoms with Gasteiger partial charge in [0.1, 0.15) is 0 Å². The van der Waals surface area contributed by atoms with Gasteiger partial charge in [-0.2, -0.15) is 0 Å². The fourth-order valence-corrected chi connectivity index (χ4v) is 1.68. The van der Waals surface area contributed by atoms with Gasteiger partial charge in [-0.15, -0.1) is 0 Å². The Morgan fingerprint density at radius 2 is 1.89 bits per heavy atom. The lowest BCUT2D eigenvalue weighted by molar-refractivity contribution is -0.123. The van der Waals surface area contributed by atoms with Crippen molar-refractivity contribution in [2.24, 2.45) is 11.5 Å². The standard InChI is InChI=1S/C13H19N3O2/c14-9-11(10-5-2-1-3-6-10)13(18)16-8-4-7-12(15)17/h1-3,5-6,11H,4,7-9,14H2,(H2,15,17)(H,16,18). The van der Waals surface area contributed by atoms with Gasteiger partial charge in [0.15, 0.2) is 0 Å². The van der Waals surface area contributed by atoms with E-state index in [-0.39, 0.29) is 30.7 Å². The van der Waals surface area contributed by atoms with Crippen molar-refractivity contribution in [2.75, 3.05) is 13.1 Å². The third-order valence-electron chi connectivity index (χ3n) is 2.65. The molecular weight excluding hydrogens is 230 g/mol. The van der Waals surface area contributed by atoms with E-state index in [9.17, 15) is 9.59 Å². The molecule has 0 saturated carbocycles. The molecule has 0 spiro atoms. The zero-order chi connectivity index (χ0) is 13.4. The lowest BCUT2D eigenvalue weighted by Gasteiger charge is -2.15. The second-order valence-electron chi connectivity index (χ2n) is 4.06. The first-order valence-electron chi connectivity index (χ1n) is 5.96. The van der Waals surface area contributed by atoms with Gasteiger partial charge in [-0.05, 0) is 12.0 Å². The number of nitrogens with two attached hydrogens (primary N) is 2. The van der Waals surface area contributed by atoms with Crippen LogP contribution >= 0.6 is 0 Å². The second-order valence-corrected chi connectivity index (χ2v) is 4.06. The molecule has 18 heavy (non-hydrogen) atoms. The van der Waals surface area contributed by atoms with Gasteiger partial charge < -0.3 is 16.8 Å². The van der Waals surface area contributed by atoms with Crippen LogP contribution in [0.15, 0.2) is 30.3 Å². The van der Waals surface area contributed by atoms with Crippen molar-refractivity contribution in [1.82, 2.24) is 5.32 Å². The van der Waals surface area contributed by atoms with Gasteiger partial charge in [0.05, 0.1) is 5.92 Å². The Balaban J connectivity index is 2.46. The molecule has 1 unspecified atom stereocenters. The smallest absolute Gasteiger partial charge is 0.228 e. The molecule has 1 atom stereocenters. The van der Waals surface area contributed by atoms with E-state index in [0.29, 0.717) is 13.0 Å². The number of carbonyl (C=O) groups is 2. The van der Waals surface area contributed by atoms with Gasteiger partial charge in [-0.1, -0.05) is 30.3 Å². The molecule has 5 nitrogen and oxygen atoms in total. The third kappa shape index (κ3) is 4.55. The first kappa shape index (κ1) is 14.2. The molecule has 2 amide bonds. The third-order valence-corrected chi connectivity index (χ3v) is 2.65. The minimum Gasteiger partial charge on any atom is -0.370 e. The topological polar surface area (TPSA) is 98.2 Å². The Labute approximate surface area is 107 Å². The summed E-state index contributed by atoms with van der Waals surface area (Å²) in [5, 5.41) is 2.76. The van der Waals surface area contributed by atoms with Crippen molar-refractivity contribution in [3.63, 3.8) is 0 Å². The fraction of sp³-hybridized carbons (Fsp3) is 0.385. The highest BCUT2D eigenvalue weighted by Gasteiger charge is 2.17. The van der Waals surface area contributed by atoms with Crippen molar-refractivity contribution in [3.05, 3.63) is 35.9 Å². The summed E-state index contributed by atoms with van der Waals surface area (Å²) in [5.74, 6) is -0.823. The molecule has 0 fully saturated rings. The predicted octanol–water partition coefficient (Wildman–Crippen LogP) is 0.111. The van der Waals surface area contributed by atoms with Crippen LogP contribution in [0, 0.1) is 0 Å². The van der Waals surface area contributed by atoms with Crippen LogP contribution in [0.1, 0.15) is 24.3 Å². The summed E-state index contributed by atoms with van der Waals surface area (Å²) < 4.78 is 0. The molecule has 0 heterocycles. The maximum atomic E-state index is 11.9. The monoisotopic (exact) mass is 249 g/mol. The van der Waals surface area contributed by atoms with E-state index in [2.05, 4.69) is 5.32 Å². The average molecular weight is 249 g/mol. The maximum absolute atomic E-state index is 11.9. The van der Waals surface area contributed by atoms with Gasteiger partial charge in [0.25, 0.3) is 0 Å². The highest BCUT2D eigenvalue weighted by molar-refractivity contribution is 5.83. The summed E-state index contributed by atoms with van der Waals surface area (Å²) in [4.78, 5) is 22.5. The van der Waals surface area contributed by atoms with Crippen LogP contribution < -0.4 is 16.8 Å². The summed E-state index contributed by atoms with van der Waals surface area (Å²) in [5.41, 5.74) is 11.5. The molecular formula is C13H19N3O2. The fourth-order valence-electron chi connectivity index (χ4n) is 1.68. The van der Waals surface area contributed by atoms with Crippen molar-refractivity contribution in [2.45, 2.75) is 18.8 Å². The van der Waals surface area contributed by atoms with Crippen LogP contribution in [0.3, 0.4) is 0 Å². The van der Waals surface area contributed by atoms with Crippen LogP contribution in [-0.4, -0.2) is 24.9 Å². The van der Waals surface area contributed by atoms with Crippen molar-refractivity contribution in [1.29, 1.82) is 0 Å². The zero-order valence-electron chi connectivity index (χ0n) is 10.3. The second kappa shape index (κ2) is 7.45. The molecule has 0 aliphatic carbocycles. The van der Waals surface area contributed by atoms with Crippen LogP contribution in [0.4, 0.5) is 0 Å². The molecule has 0 aromatic heterocycles. The maximum Gasteiger partial charge on any atom is 0.228 e. The highest BCUT2D eigenvalue weighted by Crippen LogP contribution is 2.13. The van der Waals surface area contributed by atoms with Crippen LogP contribution in [-0.2, 0) is 9.59 Å². The number of hydrogen-bond acceptors (Lipinski definition) is 3. The van der Waals surface area contributed by atoms with Crippen LogP contribution in [0.2, 0.25) is 0 Å². The molecule has 1 aromatic rings. The number of hydrogen-bond donors (Lipinski definition) is 3. The highest BCUT2D eigenvalue weighted by atomic mass is 16.2. The molecule has 98 valence electrons. The van der Waals surface area contributed by atoms with E-state index in [0.717, 1.165) is 5.56 Å². The molecule has 0 aliphatic rings. The Morgan fingerprint density at radius 3 is 2.44 bits per heavy atom. The number of rotatable bonds is 7. The largest absolute Gasteiger partial charge is 0.370 e. The van der Waals surface area contributed by atoms with Crippen molar-refractivity contribution < 1.29 is 9.59 Å². The van der Waals surface area contributed by atoms with E-state index in [1.807, 2.05) is 30.3 Å². The van der Waals surface area contributed by atoms with E-state index in [1.165, 1.54) is 0 Å². The molecule has 0 aliphatic heterocycles. The summed E-state index contributed by atoms with van der Waals surface area (Å²) >= 11 is 0. The lowest BCUT2D eigenvalue weighted by atomic mass is 9.98. The first-order valence-corrected chi connectivity index (χ1v) is 5.96. The normalized spacial score (nSPS) is 11.8. The SMILES string of the molecule is NCC(C(=O)NCCCC(N)=O)c1ccccc1. The minimum atomic E-state index is -0.359. The molecule has 1 aromatic carbocycles. The molecule has 5 N–H and O–H groups in total. The Kier molecular flexibility index (Phi) is 5.87. The number of primary amides is 1. The summed E-state index contributed by atoms with van der Waals surface area (Å²) in [6, 6.07) is 9.39. The van der Waals surface area contributed by atoms with E-state index in [1.54, 1.807) is 0 Å². The Hall–Kier alpha value is -1.88. The first-order chi connectivity index (χ1) is 8.65. The molecule has 0 saturated heterocycles. The molecule has 0 radical (unpaired) electrons. The van der Waals surface area contributed by atoms with Gasteiger partial charge in [0.2, 0.25) is 11.8 Å². The van der Waals surface area contributed by atoms with Crippen molar-refractivity contribution in [3.8, 4) is 0 Å². The Morgan fingerprint density at radius 1 is 1.22 bits per heavy atom. The van der Waals surface area contributed by atoms with E-state index >= 15 is 0 Å². The number of benzene rings is 1. The lowest BCUT2D eigenvalue weighted by Crippen LogP contribution is -2.34. The predicted molar refractivity (Wildman–Crippen MR) is 69.7 cm³/mol. The van der Waals surface area contributed by atoms with Gasteiger partial charge in [0, 0.05) is 19.5 Å². The van der Waals surface area contributed by atoms with Gasteiger partial charge in [-0.25, -0.2) is 0 Å². The number of nitrogens with one attached hydrogen (secondary N) is 1. The Bertz CT molecular complexity index is 392. The number of amides is 2. The summed E-state index contributed by atoms with van der Waals surface area (Å²) in [6.45, 7) is 0.691.